The molecule has 1 aliphatic rings. The van der Waals surface area contributed by atoms with Gasteiger partial charge in [0.25, 0.3) is 0 Å². The Morgan fingerprint density at radius 3 is 2.50 bits per heavy atom. The van der Waals surface area contributed by atoms with E-state index in [0.717, 1.165) is 76.4 Å². The van der Waals surface area contributed by atoms with Crippen molar-refractivity contribution in [2.75, 3.05) is 0 Å². The topological polar surface area (TPSA) is 72.3 Å². The van der Waals surface area contributed by atoms with Crippen LogP contribution < -0.4 is 0 Å². The zero-order valence-corrected chi connectivity index (χ0v) is 24.5. The van der Waals surface area contributed by atoms with Gasteiger partial charge in [-0.3, -0.25) is 0 Å². The molecule has 0 unspecified atom stereocenters. The summed E-state index contributed by atoms with van der Waals surface area (Å²) in [6.07, 6.45) is 5.94. The van der Waals surface area contributed by atoms with Crippen molar-refractivity contribution in [1.29, 1.82) is 0 Å². The number of halogens is 1. The van der Waals surface area contributed by atoms with E-state index in [-0.39, 0.29) is 0 Å². The highest BCUT2D eigenvalue weighted by Gasteiger charge is 2.20. The fourth-order valence-corrected chi connectivity index (χ4v) is 6.46. The number of imidazole rings is 1. The number of H-pyrrole nitrogens is 1. The number of aromatic nitrogens is 6. The van der Waals surface area contributed by atoms with Crippen molar-refractivity contribution >= 4 is 34.3 Å². The second-order valence-corrected chi connectivity index (χ2v) is 11.4. The van der Waals surface area contributed by atoms with Gasteiger partial charge in [-0.15, -0.1) is 10.2 Å². The SMILES string of the molecule is CCCc1nc2c(C)cc(-c3ccccc3Cl)cc2n1Cc1ccc2c(c1)CCc1ccccc1/C2=C\c1nn[nH]n1. The lowest BCUT2D eigenvalue weighted by Crippen LogP contribution is -2.06. The first kappa shape index (κ1) is 26.4. The maximum absolute atomic E-state index is 6.62. The fraction of sp³-hybridized carbons (Fsp3) is 0.200. The van der Waals surface area contributed by atoms with Gasteiger partial charge in [-0.05, 0) is 100 Å². The molecule has 0 amide bonds. The molecule has 0 fully saturated rings. The predicted molar refractivity (Wildman–Crippen MR) is 169 cm³/mol. The summed E-state index contributed by atoms with van der Waals surface area (Å²) in [7, 11) is 0. The lowest BCUT2D eigenvalue weighted by molar-refractivity contribution is 0.721. The van der Waals surface area contributed by atoms with E-state index in [2.05, 4.69) is 99.7 Å². The molecule has 0 atom stereocenters. The van der Waals surface area contributed by atoms with Crippen LogP contribution >= 0.6 is 11.6 Å². The van der Waals surface area contributed by atoms with Crippen molar-refractivity contribution in [2.24, 2.45) is 0 Å². The van der Waals surface area contributed by atoms with E-state index in [9.17, 15) is 0 Å². The summed E-state index contributed by atoms with van der Waals surface area (Å²) in [6, 6.07) is 28.0. The Morgan fingerprint density at radius 2 is 1.69 bits per heavy atom. The Kier molecular flexibility index (Phi) is 6.92. The number of fused-ring (bicyclic) bond motifs is 3. The van der Waals surface area contributed by atoms with E-state index in [1.165, 1.54) is 27.8 Å². The zero-order valence-electron chi connectivity index (χ0n) is 23.7. The molecule has 2 heterocycles. The summed E-state index contributed by atoms with van der Waals surface area (Å²) in [6.45, 7) is 5.11. The van der Waals surface area contributed by atoms with Gasteiger partial charge in [0.2, 0.25) is 0 Å². The van der Waals surface area contributed by atoms with Gasteiger partial charge in [-0.2, -0.15) is 5.21 Å². The number of rotatable bonds is 6. The molecule has 4 aromatic carbocycles. The number of aromatic amines is 1. The summed E-state index contributed by atoms with van der Waals surface area (Å²) in [5.74, 6) is 1.70. The molecule has 0 aliphatic heterocycles. The van der Waals surface area contributed by atoms with E-state index in [1.807, 2.05) is 24.3 Å². The van der Waals surface area contributed by atoms with Crippen LogP contribution in [0.15, 0.2) is 78.9 Å². The third-order valence-electron chi connectivity index (χ3n) is 8.19. The first-order valence-corrected chi connectivity index (χ1v) is 14.9. The molecule has 208 valence electrons. The molecule has 0 radical (unpaired) electrons. The Bertz CT molecular complexity index is 1950. The van der Waals surface area contributed by atoms with E-state index < -0.39 is 0 Å². The Hall–Kier alpha value is -4.55. The second-order valence-electron chi connectivity index (χ2n) is 11.0. The summed E-state index contributed by atoms with van der Waals surface area (Å²) in [5.41, 5.74) is 13.0. The normalized spacial score (nSPS) is 13.7. The molecule has 0 spiro atoms. The molecule has 0 saturated carbocycles. The van der Waals surface area contributed by atoms with Crippen LogP contribution in [-0.2, 0) is 25.8 Å². The van der Waals surface area contributed by atoms with Crippen molar-refractivity contribution in [1.82, 2.24) is 30.2 Å². The monoisotopic (exact) mass is 570 g/mol. The Balaban J connectivity index is 1.33. The largest absolute Gasteiger partial charge is 0.323 e. The zero-order chi connectivity index (χ0) is 28.6. The van der Waals surface area contributed by atoms with Crippen LogP contribution in [0.1, 0.15) is 58.4 Å². The molecule has 7 heteroatoms. The van der Waals surface area contributed by atoms with Crippen molar-refractivity contribution < 1.29 is 0 Å². The Labute approximate surface area is 250 Å². The third kappa shape index (κ3) is 4.82. The highest BCUT2D eigenvalue weighted by Crippen LogP contribution is 2.36. The van der Waals surface area contributed by atoms with Crippen LogP contribution in [0.3, 0.4) is 0 Å². The van der Waals surface area contributed by atoms with Gasteiger partial charge in [0.05, 0.1) is 11.0 Å². The first-order chi connectivity index (χ1) is 20.6. The summed E-state index contributed by atoms with van der Waals surface area (Å²) in [4.78, 5) is 5.14. The van der Waals surface area contributed by atoms with Gasteiger partial charge in [-0.1, -0.05) is 79.2 Å². The van der Waals surface area contributed by atoms with Gasteiger partial charge < -0.3 is 4.57 Å². The van der Waals surface area contributed by atoms with Gasteiger partial charge in [0.15, 0.2) is 5.82 Å². The smallest absolute Gasteiger partial charge is 0.198 e. The van der Waals surface area contributed by atoms with Crippen LogP contribution in [0.25, 0.3) is 33.8 Å². The highest BCUT2D eigenvalue weighted by atomic mass is 35.5. The molecule has 6 aromatic rings. The highest BCUT2D eigenvalue weighted by molar-refractivity contribution is 6.33. The molecule has 1 N–H and O–H groups in total. The number of aryl methyl sites for hydroxylation is 4. The maximum Gasteiger partial charge on any atom is 0.198 e. The van der Waals surface area contributed by atoms with Crippen LogP contribution in [0.2, 0.25) is 5.02 Å². The average Bonchev–Trinajstić information content (AvgIpc) is 3.60. The number of benzene rings is 4. The summed E-state index contributed by atoms with van der Waals surface area (Å²) >= 11 is 6.62. The molecule has 2 aromatic heterocycles. The van der Waals surface area contributed by atoms with E-state index in [1.54, 1.807) is 0 Å². The number of hydrogen-bond donors (Lipinski definition) is 1. The minimum absolute atomic E-state index is 0.579. The Morgan fingerprint density at radius 1 is 0.905 bits per heavy atom. The molecule has 6 nitrogen and oxygen atoms in total. The molecular formula is C35H31ClN6. The van der Waals surface area contributed by atoms with Crippen molar-refractivity contribution in [2.45, 2.75) is 46.1 Å². The number of nitrogens with zero attached hydrogens (tertiary/aromatic N) is 5. The number of tetrazole rings is 1. The molecule has 0 saturated heterocycles. The number of hydrogen-bond acceptors (Lipinski definition) is 4. The van der Waals surface area contributed by atoms with Crippen LogP contribution in [-0.4, -0.2) is 30.2 Å². The van der Waals surface area contributed by atoms with Gasteiger partial charge in [0.1, 0.15) is 5.82 Å². The first-order valence-electron chi connectivity index (χ1n) is 14.5. The fourth-order valence-electron chi connectivity index (χ4n) is 6.21. The van der Waals surface area contributed by atoms with Crippen LogP contribution in [0.5, 0.6) is 0 Å². The standard InChI is InChI=1S/C35H31ClN6/c1-3-8-34-37-35-22(2)17-26(29-11-6-7-12-31(29)36)19-32(35)42(34)21-23-13-16-28-25(18-23)15-14-24-9-4-5-10-27(24)30(28)20-33-38-40-41-39-33/h4-7,9-13,16-20H,3,8,14-15,21H2,1-2H3,(H,38,39,40,41)/b30-20+. The van der Waals surface area contributed by atoms with Crippen LogP contribution in [0, 0.1) is 6.92 Å². The molecule has 0 bridgehead atoms. The average molecular weight is 571 g/mol. The summed E-state index contributed by atoms with van der Waals surface area (Å²) in [5, 5.41) is 15.5. The van der Waals surface area contributed by atoms with Crippen LogP contribution in [0.4, 0.5) is 0 Å². The second kappa shape index (κ2) is 11.0. The lowest BCUT2D eigenvalue weighted by Gasteiger charge is -2.15. The van der Waals surface area contributed by atoms with Crippen molar-refractivity contribution in [3.63, 3.8) is 0 Å². The van der Waals surface area contributed by atoms with E-state index in [0.29, 0.717) is 5.82 Å². The van der Waals surface area contributed by atoms with E-state index in [4.69, 9.17) is 16.6 Å². The van der Waals surface area contributed by atoms with Gasteiger partial charge in [0, 0.05) is 23.6 Å². The minimum Gasteiger partial charge on any atom is -0.323 e. The molecule has 42 heavy (non-hydrogen) atoms. The quantitative estimate of drug-likeness (QED) is 0.221. The third-order valence-corrected chi connectivity index (χ3v) is 8.52. The number of nitrogens with one attached hydrogen (secondary N) is 1. The lowest BCUT2D eigenvalue weighted by atomic mass is 9.92. The molecule has 7 rings (SSSR count). The molecular weight excluding hydrogens is 540 g/mol. The van der Waals surface area contributed by atoms with Crippen molar-refractivity contribution in [3.8, 4) is 11.1 Å². The summed E-state index contributed by atoms with van der Waals surface area (Å²) < 4.78 is 2.40. The molecule has 1 aliphatic carbocycles. The van der Waals surface area contributed by atoms with Gasteiger partial charge in [-0.25, -0.2) is 4.98 Å². The van der Waals surface area contributed by atoms with Crippen molar-refractivity contribution in [3.05, 3.63) is 129 Å². The predicted octanol–water partition coefficient (Wildman–Crippen LogP) is 7.87. The van der Waals surface area contributed by atoms with Gasteiger partial charge >= 0.3 is 0 Å². The maximum atomic E-state index is 6.62. The minimum atomic E-state index is 0.579. The van der Waals surface area contributed by atoms with E-state index >= 15 is 0 Å².